The number of aromatic nitrogens is 2. The molecule has 1 aliphatic carbocycles. The summed E-state index contributed by atoms with van der Waals surface area (Å²) in [5, 5.41) is 7.45. The number of nitrogens with one attached hydrogen (secondary N) is 1. The molecule has 0 bridgehead atoms. The molecule has 1 N–H and O–H groups in total. The standard InChI is InChI=1S/C17H26N4O2/c1-20-10-14(9-19-20)11-21-6-4-15-17(12-21,5-7-23-15)16(22)18-8-13-2-3-13/h9-10,13,15H,2-8,11-12H2,1H3,(H,18,22)/t15-,17-/m1/s1. The summed E-state index contributed by atoms with van der Waals surface area (Å²) in [6, 6.07) is 0. The number of fused-ring (bicyclic) bond motifs is 1. The zero-order valence-corrected chi connectivity index (χ0v) is 13.8. The second kappa shape index (κ2) is 5.91. The van der Waals surface area contributed by atoms with Crippen molar-refractivity contribution in [3.05, 3.63) is 18.0 Å². The maximum absolute atomic E-state index is 12.9. The lowest BCUT2D eigenvalue weighted by Crippen LogP contribution is -2.57. The van der Waals surface area contributed by atoms with Crippen LogP contribution in [-0.4, -0.2) is 52.9 Å². The predicted octanol–water partition coefficient (Wildman–Crippen LogP) is 0.927. The third-order valence-electron chi connectivity index (χ3n) is 5.56. The van der Waals surface area contributed by atoms with E-state index >= 15 is 0 Å². The number of hydrogen-bond acceptors (Lipinski definition) is 4. The number of nitrogens with zero attached hydrogens (tertiary/aromatic N) is 3. The lowest BCUT2D eigenvalue weighted by Gasteiger charge is -2.42. The Labute approximate surface area is 137 Å². The minimum atomic E-state index is -0.352. The molecule has 6 heteroatoms. The van der Waals surface area contributed by atoms with Crippen LogP contribution in [0.4, 0.5) is 0 Å². The van der Waals surface area contributed by atoms with Crippen molar-refractivity contribution < 1.29 is 9.53 Å². The van der Waals surface area contributed by atoms with Crippen molar-refractivity contribution in [3.63, 3.8) is 0 Å². The Morgan fingerprint density at radius 1 is 1.48 bits per heavy atom. The zero-order valence-electron chi connectivity index (χ0n) is 13.8. The fourth-order valence-corrected chi connectivity index (χ4v) is 4.04. The van der Waals surface area contributed by atoms with Gasteiger partial charge >= 0.3 is 0 Å². The summed E-state index contributed by atoms with van der Waals surface area (Å²) in [5.41, 5.74) is 0.855. The average molecular weight is 318 g/mol. The van der Waals surface area contributed by atoms with Gasteiger partial charge in [-0.25, -0.2) is 0 Å². The second-order valence-electron chi connectivity index (χ2n) is 7.44. The van der Waals surface area contributed by atoms with E-state index in [1.54, 1.807) is 0 Å². The van der Waals surface area contributed by atoms with E-state index in [0.717, 1.165) is 39.0 Å². The van der Waals surface area contributed by atoms with Crippen molar-refractivity contribution in [3.8, 4) is 0 Å². The van der Waals surface area contributed by atoms with Gasteiger partial charge in [-0.05, 0) is 31.6 Å². The molecule has 4 rings (SSSR count). The third kappa shape index (κ3) is 3.02. The van der Waals surface area contributed by atoms with Gasteiger partial charge in [0.2, 0.25) is 5.91 Å². The summed E-state index contributed by atoms with van der Waals surface area (Å²) < 4.78 is 7.73. The molecule has 1 aromatic heterocycles. The highest BCUT2D eigenvalue weighted by Crippen LogP contribution is 2.41. The molecule has 3 fully saturated rings. The average Bonchev–Trinajstić information content (AvgIpc) is 3.13. The minimum absolute atomic E-state index is 0.0897. The first-order chi connectivity index (χ1) is 11.2. The van der Waals surface area contributed by atoms with Gasteiger partial charge < -0.3 is 10.1 Å². The Kier molecular flexibility index (Phi) is 3.89. The first-order valence-corrected chi connectivity index (χ1v) is 8.75. The van der Waals surface area contributed by atoms with E-state index in [0.29, 0.717) is 12.5 Å². The molecule has 0 unspecified atom stereocenters. The van der Waals surface area contributed by atoms with E-state index in [2.05, 4.69) is 21.5 Å². The highest BCUT2D eigenvalue weighted by molar-refractivity contribution is 5.84. The van der Waals surface area contributed by atoms with Crippen molar-refractivity contribution in [2.75, 3.05) is 26.2 Å². The van der Waals surface area contributed by atoms with Gasteiger partial charge in [-0.1, -0.05) is 0 Å². The molecule has 23 heavy (non-hydrogen) atoms. The number of carbonyl (C=O) groups is 1. The molecule has 1 aromatic rings. The fourth-order valence-electron chi connectivity index (χ4n) is 4.04. The van der Waals surface area contributed by atoms with E-state index in [-0.39, 0.29) is 17.4 Å². The van der Waals surface area contributed by atoms with Gasteiger partial charge in [-0.3, -0.25) is 14.4 Å². The summed E-state index contributed by atoms with van der Waals surface area (Å²) in [6.45, 7) is 4.19. The molecular formula is C17H26N4O2. The number of rotatable bonds is 5. The maximum atomic E-state index is 12.9. The Hall–Kier alpha value is -1.40. The predicted molar refractivity (Wildman–Crippen MR) is 85.6 cm³/mol. The number of ether oxygens (including phenoxy) is 1. The topological polar surface area (TPSA) is 59.4 Å². The molecule has 0 spiro atoms. The van der Waals surface area contributed by atoms with Crippen molar-refractivity contribution in [1.82, 2.24) is 20.0 Å². The van der Waals surface area contributed by atoms with Gasteiger partial charge in [0, 0.05) is 51.6 Å². The monoisotopic (exact) mass is 318 g/mol. The van der Waals surface area contributed by atoms with E-state index < -0.39 is 0 Å². The molecular weight excluding hydrogens is 292 g/mol. The summed E-state index contributed by atoms with van der Waals surface area (Å²) >= 11 is 0. The number of amides is 1. The van der Waals surface area contributed by atoms with Crippen LogP contribution < -0.4 is 5.32 Å². The molecule has 1 saturated carbocycles. The molecule has 0 aromatic carbocycles. The van der Waals surface area contributed by atoms with Crippen molar-refractivity contribution in [1.29, 1.82) is 0 Å². The third-order valence-corrected chi connectivity index (χ3v) is 5.56. The van der Waals surface area contributed by atoms with Gasteiger partial charge in [0.1, 0.15) is 0 Å². The van der Waals surface area contributed by atoms with Gasteiger partial charge in [0.15, 0.2) is 0 Å². The van der Waals surface area contributed by atoms with Crippen LogP contribution in [-0.2, 0) is 23.1 Å². The Balaban J connectivity index is 1.45. The van der Waals surface area contributed by atoms with Crippen LogP contribution in [0.3, 0.4) is 0 Å². The Morgan fingerprint density at radius 3 is 3.09 bits per heavy atom. The van der Waals surface area contributed by atoms with Crippen LogP contribution in [0.25, 0.3) is 0 Å². The van der Waals surface area contributed by atoms with E-state index in [1.165, 1.54) is 18.4 Å². The lowest BCUT2D eigenvalue weighted by molar-refractivity contribution is -0.139. The lowest BCUT2D eigenvalue weighted by atomic mass is 9.75. The quantitative estimate of drug-likeness (QED) is 0.877. The Bertz CT molecular complexity index is 583. The molecule has 0 radical (unpaired) electrons. The summed E-state index contributed by atoms with van der Waals surface area (Å²) in [5.74, 6) is 0.925. The van der Waals surface area contributed by atoms with Gasteiger partial charge in [0.25, 0.3) is 0 Å². The second-order valence-corrected chi connectivity index (χ2v) is 7.44. The number of aryl methyl sites for hydroxylation is 1. The first kappa shape index (κ1) is 15.1. The SMILES string of the molecule is Cn1cc(CN2CC[C@H]3OCC[C@@]3(C(=O)NCC3CC3)C2)cn1. The molecule has 3 aliphatic rings. The summed E-state index contributed by atoms with van der Waals surface area (Å²) in [6.07, 6.45) is 8.37. The number of hydrogen-bond donors (Lipinski definition) is 1. The molecule has 1 amide bonds. The first-order valence-electron chi connectivity index (χ1n) is 8.75. The molecule has 6 nitrogen and oxygen atoms in total. The van der Waals surface area contributed by atoms with Gasteiger partial charge in [0.05, 0.1) is 17.7 Å². The minimum Gasteiger partial charge on any atom is -0.377 e. The largest absolute Gasteiger partial charge is 0.377 e. The van der Waals surface area contributed by atoms with E-state index in [1.807, 2.05) is 17.9 Å². The molecule has 2 aliphatic heterocycles. The fraction of sp³-hybridized carbons (Fsp3) is 0.765. The van der Waals surface area contributed by atoms with Crippen LogP contribution in [0.1, 0.15) is 31.2 Å². The van der Waals surface area contributed by atoms with E-state index in [9.17, 15) is 4.79 Å². The highest BCUT2D eigenvalue weighted by Gasteiger charge is 2.53. The van der Waals surface area contributed by atoms with Crippen molar-refractivity contribution in [2.24, 2.45) is 18.4 Å². The van der Waals surface area contributed by atoms with Crippen molar-refractivity contribution >= 4 is 5.91 Å². The van der Waals surface area contributed by atoms with E-state index in [4.69, 9.17) is 4.74 Å². The number of likely N-dealkylation sites (tertiary alicyclic amines) is 1. The van der Waals surface area contributed by atoms with Crippen LogP contribution in [0, 0.1) is 11.3 Å². The molecule has 126 valence electrons. The highest BCUT2D eigenvalue weighted by atomic mass is 16.5. The van der Waals surface area contributed by atoms with Crippen LogP contribution >= 0.6 is 0 Å². The van der Waals surface area contributed by atoms with Crippen LogP contribution in [0.5, 0.6) is 0 Å². The zero-order chi connectivity index (χ0) is 15.9. The summed E-state index contributed by atoms with van der Waals surface area (Å²) in [7, 11) is 1.94. The molecule has 3 heterocycles. The number of piperidine rings is 1. The van der Waals surface area contributed by atoms with Gasteiger partial charge in [-0.15, -0.1) is 0 Å². The smallest absolute Gasteiger partial charge is 0.230 e. The maximum Gasteiger partial charge on any atom is 0.230 e. The summed E-state index contributed by atoms with van der Waals surface area (Å²) in [4.78, 5) is 15.3. The molecule has 2 atom stereocenters. The normalized spacial score (nSPS) is 31.1. The number of carbonyl (C=O) groups excluding carboxylic acids is 1. The van der Waals surface area contributed by atoms with Crippen LogP contribution in [0.15, 0.2) is 12.4 Å². The van der Waals surface area contributed by atoms with Crippen molar-refractivity contribution in [2.45, 2.75) is 38.3 Å². The molecule has 2 saturated heterocycles. The Morgan fingerprint density at radius 2 is 2.35 bits per heavy atom. The van der Waals surface area contributed by atoms with Crippen LogP contribution in [0.2, 0.25) is 0 Å². The van der Waals surface area contributed by atoms with Gasteiger partial charge in [-0.2, -0.15) is 5.10 Å².